The van der Waals surface area contributed by atoms with Crippen molar-refractivity contribution in [1.82, 2.24) is 0 Å². The van der Waals surface area contributed by atoms with Crippen LogP contribution in [-0.2, 0) is 16.0 Å². The predicted molar refractivity (Wildman–Crippen MR) is 72.3 cm³/mol. The van der Waals surface area contributed by atoms with Crippen molar-refractivity contribution < 1.29 is 20.8 Å². The molecule has 0 saturated carbocycles. The molecule has 2 aliphatic carbocycles. The van der Waals surface area contributed by atoms with Crippen molar-refractivity contribution in [1.29, 1.82) is 0 Å². The molecule has 0 aliphatic heterocycles. The van der Waals surface area contributed by atoms with E-state index in [-0.39, 0.29) is 5.78 Å². The molecule has 1 aromatic rings. The molecule has 19 heavy (non-hydrogen) atoms. The van der Waals surface area contributed by atoms with Crippen molar-refractivity contribution in [3.63, 3.8) is 0 Å². The van der Waals surface area contributed by atoms with Gasteiger partial charge in [-0.05, 0) is 0 Å². The normalized spacial score (nSPS) is 17.7. The molecule has 0 radical (unpaired) electrons. The van der Waals surface area contributed by atoms with E-state index in [0.29, 0.717) is 0 Å². The molecule has 2 aliphatic rings. The van der Waals surface area contributed by atoms with Crippen LogP contribution in [0.1, 0.15) is 23.2 Å². The second-order valence-electron chi connectivity index (χ2n) is 4.60. The number of hydrogen-bond acceptors (Lipinski definition) is 1. The molecule has 0 heterocycles. The zero-order chi connectivity index (χ0) is 13.2. The molecular weight excluding hydrogens is 276 g/mol. The van der Waals surface area contributed by atoms with Gasteiger partial charge >= 0.3 is 121 Å². The Labute approximate surface area is 121 Å². The first-order valence-corrected chi connectivity index (χ1v) is 6.86. The number of carbonyl (C=O) groups excluding carboxylic acids is 1. The molecule has 3 rings (SSSR count). The second-order valence-corrected chi connectivity index (χ2v) is 5.27. The van der Waals surface area contributed by atoms with Gasteiger partial charge in [0, 0.05) is 0 Å². The first-order valence-electron chi connectivity index (χ1n) is 6.31. The van der Waals surface area contributed by atoms with Crippen molar-refractivity contribution in [3.05, 3.63) is 81.4 Å². The van der Waals surface area contributed by atoms with Gasteiger partial charge in [0.2, 0.25) is 0 Å². The number of rotatable bonds is 3. The standard InChI is InChI=1S/C17H13O.Fe/c18-17(14-9-2-1-3-10-14)16-12-6-11-15(16)13-7-4-5-8-13;/h1-4,6-7,9-10,12H,5,11H2;. The summed E-state index contributed by atoms with van der Waals surface area (Å²) < 4.78 is 1.11. The fraction of sp³-hybridized carbons (Fsp3) is 0.118. The minimum atomic E-state index is 0.102. The molecule has 95 valence electrons. The second kappa shape index (κ2) is 5.16. The van der Waals surface area contributed by atoms with Crippen LogP contribution in [0.25, 0.3) is 0 Å². The van der Waals surface area contributed by atoms with E-state index in [1.165, 1.54) is 0 Å². The van der Waals surface area contributed by atoms with Gasteiger partial charge in [0.15, 0.2) is 0 Å². The molecule has 0 unspecified atom stereocenters. The Morgan fingerprint density at radius 3 is 2.42 bits per heavy atom. The van der Waals surface area contributed by atoms with E-state index in [0.717, 1.165) is 39.6 Å². The van der Waals surface area contributed by atoms with E-state index in [1.54, 1.807) is 0 Å². The third-order valence-electron chi connectivity index (χ3n) is 3.40. The van der Waals surface area contributed by atoms with Crippen LogP contribution in [0.4, 0.5) is 0 Å². The van der Waals surface area contributed by atoms with Crippen molar-refractivity contribution >= 4 is 5.78 Å². The van der Waals surface area contributed by atoms with Crippen LogP contribution in [0.3, 0.4) is 0 Å². The molecular formula is C17H13FeO. The summed E-state index contributed by atoms with van der Waals surface area (Å²) in [4.78, 5) is 12.5. The molecule has 0 bridgehead atoms. The van der Waals surface area contributed by atoms with Gasteiger partial charge in [-0.25, -0.2) is 0 Å². The van der Waals surface area contributed by atoms with Crippen molar-refractivity contribution in [2.24, 2.45) is 0 Å². The number of Topliss-reactive ketones (excluding diaryl/α,β-unsaturated/α-hetero) is 1. The summed E-state index contributed by atoms with van der Waals surface area (Å²) in [5, 5.41) is 0. The molecule has 0 N–H and O–H groups in total. The zero-order valence-electron chi connectivity index (χ0n) is 10.4. The van der Waals surface area contributed by atoms with Crippen LogP contribution in [0.15, 0.2) is 75.8 Å². The predicted octanol–water partition coefficient (Wildman–Crippen LogP) is 3.89. The van der Waals surface area contributed by atoms with E-state index in [9.17, 15) is 4.79 Å². The Morgan fingerprint density at radius 1 is 1.00 bits per heavy atom. The van der Waals surface area contributed by atoms with Gasteiger partial charge in [0.1, 0.15) is 0 Å². The summed E-state index contributed by atoms with van der Waals surface area (Å²) in [6.45, 7) is 0. The monoisotopic (exact) mass is 289 g/mol. The SMILES string of the molecule is O=C(C1=C(C2=[C]([Fe])CC=C2)CC=C1)c1ccccc1. The number of carbonyl (C=O) groups is 1. The first-order chi connectivity index (χ1) is 9.27. The molecule has 0 amide bonds. The molecule has 0 aromatic heterocycles. The summed E-state index contributed by atoms with van der Waals surface area (Å²) in [7, 11) is 0. The third-order valence-corrected chi connectivity index (χ3v) is 3.92. The average Bonchev–Trinajstić information content (AvgIpc) is 3.07. The topological polar surface area (TPSA) is 17.1 Å². The Kier molecular flexibility index (Phi) is 3.37. The fourth-order valence-electron chi connectivity index (χ4n) is 2.45. The number of hydrogen-bond donors (Lipinski definition) is 0. The Hall–Kier alpha value is -1.63. The molecule has 0 fully saturated rings. The molecule has 2 heteroatoms. The van der Waals surface area contributed by atoms with Crippen LogP contribution in [-0.4, -0.2) is 5.78 Å². The summed E-state index contributed by atoms with van der Waals surface area (Å²) in [6, 6.07) is 9.44. The van der Waals surface area contributed by atoms with Crippen LogP contribution in [0.5, 0.6) is 0 Å². The summed E-state index contributed by atoms with van der Waals surface area (Å²) >= 11 is 4.07. The van der Waals surface area contributed by atoms with E-state index in [1.807, 2.05) is 36.4 Å². The zero-order valence-corrected chi connectivity index (χ0v) is 11.5. The Bertz CT molecular complexity index is 645. The molecule has 0 spiro atoms. The van der Waals surface area contributed by atoms with Crippen LogP contribution in [0, 0.1) is 0 Å². The van der Waals surface area contributed by atoms with Crippen molar-refractivity contribution in [2.45, 2.75) is 12.8 Å². The number of allylic oxidation sites excluding steroid dienone is 8. The maximum absolute atomic E-state index is 12.5. The quantitative estimate of drug-likeness (QED) is 0.609. The average molecular weight is 289 g/mol. The number of ketones is 1. The molecule has 0 atom stereocenters. The molecule has 0 saturated heterocycles. The van der Waals surface area contributed by atoms with Crippen molar-refractivity contribution in [2.75, 3.05) is 0 Å². The Morgan fingerprint density at radius 2 is 1.74 bits per heavy atom. The third kappa shape index (κ3) is 2.30. The van der Waals surface area contributed by atoms with Gasteiger partial charge in [-0.2, -0.15) is 0 Å². The van der Waals surface area contributed by atoms with Gasteiger partial charge in [-0.15, -0.1) is 0 Å². The van der Waals surface area contributed by atoms with E-state index in [4.69, 9.17) is 0 Å². The van der Waals surface area contributed by atoms with Gasteiger partial charge in [0.05, 0.1) is 0 Å². The first kappa shape index (κ1) is 12.4. The summed E-state index contributed by atoms with van der Waals surface area (Å²) in [5.74, 6) is 0.102. The van der Waals surface area contributed by atoms with Crippen LogP contribution >= 0.6 is 0 Å². The van der Waals surface area contributed by atoms with E-state index in [2.05, 4.69) is 34.2 Å². The molecule has 1 aromatic carbocycles. The van der Waals surface area contributed by atoms with Gasteiger partial charge in [-0.3, -0.25) is 0 Å². The van der Waals surface area contributed by atoms with Crippen LogP contribution in [0.2, 0.25) is 0 Å². The molecule has 1 nitrogen and oxygen atoms in total. The van der Waals surface area contributed by atoms with Crippen LogP contribution < -0.4 is 0 Å². The fourth-order valence-corrected chi connectivity index (χ4v) is 2.84. The summed E-state index contributed by atoms with van der Waals surface area (Å²) in [6.07, 6.45) is 9.91. The number of benzene rings is 1. The Balaban J connectivity index is 2.03. The van der Waals surface area contributed by atoms with Crippen molar-refractivity contribution in [3.8, 4) is 0 Å². The van der Waals surface area contributed by atoms with E-state index < -0.39 is 0 Å². The maximum atomic E-state index is 12.5. The van der Waals surface area contributed by atoms with Gasteiger partial charge in [-0.1, -0.05) is 0 Å². The summed E-state index contributed by atoms with van der Waals surface area (Å²) in [5.41, 5.74) is 3.82. The van der Waals surface area contributed by atoms with Gasteiger partial charge in [0.25, 0.3) is 0 Å². The van der Waals surface area contributed by atoms with E-state index >= 15 is 0 Å². The minimum absolute atomic E-state index is 0.102. The van der Waals surface area contributed by atoms with Gasteiger partial charge < -0.3 is 0 Å².